The van der Waals surface area contributed by atoms with E-state index in [-0.39, 0.29) is 0 Å². The van der Waals surface area contributed by atoms with Crippen molar-refractivity contribution in [2.24, 2.45) is 0 Å². The zero-order valence-corrected chi connectivity index (χ0v) is 13.5. The second-order valence-electron chi connectivity index (χ2n) is 5.79. The van der Waals surface area contributed by atoms with E-state index in [1.807, 2.05) is 0 Å². The number of rotatable bonds is 7. The van der Waals surface area contributed by atoms with Crippen LogP contribution in [-0.4, -0.2) is 6.54 Å². The van der Waals surface area contributed by atoms with E-state index in [4.69, 9.17) is 0 Å². The van der Waals surface area contributed by atoms with Gasteiger partial charge in [0.05, 0.1) is 6.04 Å². The third-order valence-electron chi connectivity index (χ3n) is 3.86. The Labute approximate surface area is 129 Å². The molecule has 0 aliphatic rings. The van der Waals surface area contributed by atoms with Gasteiger partial charge in [0.25, 0.3) is 0 Å². The highest BCUT2D eigenvalue weighted by atomic mass is 14.9. The molecule has 2 aromatic carbocycles. The normalized spacial score (nSPS) is 12.3. The summed E-state index contributed by atoms with van der Waals surface area (Å²) in [5.74, 6) is 0. The SMILES string of the molecule is CCCNC(c1ccc(C)cc1)c1ccc(CCC)cc1. The molecule has 0 bridgehead atoms. The lowest BCUT2D eigenvalue weighted by Gasteiger charge is -2.20. The summed E-state index contributed by atoms with van der Waals surface area (Å²) in [6.45, 7) is 7.61. The summed E-state index contributed by atoms with van der Waals surface area (Å²) in [6.07, 6.45) is 3.52. The number of benzene rings is 2. The molecule has 1 nitrogen and oxygen atoms in total. The minimum absolute atomic E-state index is 0.293. The predicted octanol–water partition coefficient (Wildman–Crippen LogP) is 5.04. The first kappa shape index (κ1) is 15.8. The minimum Gasteiger partial charge on any atom is -0.306 e. The van der Waals surface area contributed by atoms with Crippen LogP contribution >= 0.6 is 0 Å². The highest BCUT2D eigenvalue weighted by molar-refractivity contribution is 5.34. The van der Waals surface area contributed by atoms with Gasteiger partial charge in [-0.15, -0.1) is 0 Å². The number of hydrogen-bond acceptors (Lipinski definition) is 1. The molecule has 1 N–H and O–H groups in total. The average molecular weight is 281 g/mol. The van der Waals surface area contributed by atoms with Crippen molar-refractivity contribution >= 4 is 0 Å². The van der Waals surface area contributed by atoms with Gasteiger partial charge >= 0.3 is 0 Å². The van der Waals surface area contributed by atoms with Crippen LogP contribution in [0.25, 0.3) is 0 Å². The van der Waals surface area contributed by atoms with Crippen LogP contribution in [0.2, 0.25) is 0 Å². The molecule has 0 heterocycles. The predicted molar refractivity (Wildman–Crippen MR) is 91.8 cm³/mol. The summed E-state index contributed by atoms with van der Waals surface area (Å²) in [5.41, 5.74) is 5.44. The molecule has 0 aliphatic carbocycles. The summed E-state index contributed by atoms with van der Waals surface area (Å²) >= 11 is 0. The zero-order valence-electron chi connectivity index (χ0n) is 13.5. The van der Waals surface area contributed by atoms with E-state index in [1.54, 1.807) is 0 Å². The number of hydrogen-bond donors (Lipinski definition) is 1. The first-order chi connectivity index (χ1) is 10.2. The molecule has 0 saturated heterocycles. The van der Waals surface area contributed by atoms with Crippen molar-refractivity contribution in [3.05, 3.63) is 70.8 Å². The smallest absolute Gasteiger partial charge is 0.0576 e. The van der Waals surface area contributed by atoms with Crippen molar-refractivity contribution < 1.29 is 0 Å². The Morgan fingerprint density at radius 3 is 1.90 bits per heavy atom. The van der Waals surface area contributed by atoms with Crippen molar-refractivity contribution in [3.8, 4) is 0 Å². The molecule has 0 radical (unpaired) electrons. The minimum atomic E-state index is 0.293. The van der Waals surface area contributed by atoms with Crippen LogP contribution in [0.3, 0.4) is 0 Å². The van der Waals surface area contributed by atoms with E-state index in [1.165, 1.54) is 28.7 Å². The molecule has 0 spiro atoms. The molecular weight excluding hydrogens is 254 g/mol. The molecule has 1 heteroatoms. The summed E-state index contributed by atoms with van der Waals surface area (Å²) in [7, 11) is 0. The van der Waals surface area contributed by atoms with Gasteiger partial charge in [0, 0.05) is 0 Å². The lowest BCUT2D eigenvalue weighted by atomic mass is 9.96. The van der Waals surface area contributed by atoms with Gasteiger partial charge < -0.3 is 5.32 Å². The number of nitrogens with one attached hydrogen (secondary N) is 1. The van der Waals surface area contributed by atoms with Gasteiger partial charge in [0.2, 0.25) is 0 Å². The maximum Gasteiger partial charge on any atom is 0.0576 e. The fourth-order valence-electron chi connectivity index (χ4n) is 2.64. The summed E-state index contributed by atoms with van der Waals surface area (Å²) in [4.78, 5) is 0. The van der Waals surface area contributed by atoms with E-state index >= 15 is 0 Å². The zero-order chi connectivity index (χ0) is 15.1. The Bertz CT molecular complexity index is 525. The van der Waals surface area contributed by atoms with E-state index < -0.39 is 0 Å². The van der Waals surface area contributed by atoms with E-state index in [9.17, 15) is 0 Å². The van der Waals surface area contributed by atoms with Gasteiger partial charge in [0.1, 0.15) is 0 Å². The summed E-state index contributed by atoms with van der Waals surface area (Å²) < 4.78 is 0. The van der Waals surface area contributed by atoms with Crippen LogP contribution in [0.4, 0.5) is 0 Å². The van der Waals surface area contributed by atoms with E-state index in [2.05, 4.69) is 74.6 Å². The first-order valence-electron chi connectivity index (χ1n) is 8.13. The van der Waals surface area contributed by atoms with Crippen molar-refractivity contribution in [2.75, 3.05) is 6.54 Å². The summed E-state index contributed by atoms with van der Waals surface area (Å²) in [5, 5.41) is 3.67. The lowest BCUT2D eigenvalue weighted by Crippen LogP contribution is -2.23. The third-order valence-corrected chi connectivity index (χ3v) is 3.86. The summed E-state index contributed by atoms with van der Waals surface area (Å²) in [6, 6.07) is 18.3. The van der Waals surface area contributed by atoms with Crippen molar-refractivity contribution in [3.63, 3.8) is 0 Å². The second kappa shape index (κ2) is 7.99. The molecule has 0 saturated carbocycles. The monoisotopic (exact) mass is 281 g/mol. The second-order valence-corrected chi connectivity index (χ2v) is 5.79. The molecule has 0 aromatic heterocycles. The largest absolute Gasteiger partial charge is 0.306 e. The fourth-order valence-corrected chi connectivity index (χ4v) is 2.64. The molecule has 2 rings (SSSR count). The molecule has 112 valence electrons. The highest BCUT2D eigenvalue weighted by Crippen LogP contribution is 2.23. The van der Waals surface area contributed by atoms with Gasteiger partial charge in [-0.1, -0.05) is 74.4 Å². The molecule has 21 heavy (non-hydrogen) atoms. The molecule has 1 unspecified atom stereocenters. The fraction of sp³-hybridized carbons (Fsp3) is 0.400. The molecular formula is C20H27N. The Morgan fingerprint density at radius 2 is 1.38 bits per heavy atom. The quantitative estimate of drug-likeness (QED) is 0.750. The van der Waals surface area contributed by atoms with Crippen molar-refractivity contribution in [2.45, 2.75) is 46.1 Å². The lowest BCUT2D eigenvalue weighted by molar-refractivity contribution is 0.598. The van der Waals surface area contributed by atoms with Gasteiger partial charge in [-0.25, -0.2) is 0 Å². The third kappa shape index (κ3) is 4.44. The van der Waals surface area contributed by atoms with Crippen LogP contribution in [0.5, 0.6) is 0 Å². The van der Waals surface area contributed by atoms with Crippen LogP contribution in [0.15, 0.2) is 48.5 Å². The van der Waals surface area contributed by atoms with Gasteiger partial charge in [-0.2, -0.15) is 0 Å². The van der Waals surface area contributed by atoms with E-state index in [0.717, 1.165) is 19.4 Å². The maximum atomic E-state index is 3.67. The van der Waals surface area contributed by atoms with Crippen LogP contribution < -0.4 is 5.32 Å². The Morgan fingerprint density at radius 1 is 0.810 bits per heavy atom. The standard InChI is InChI=1S/C20H27N/c1-4-6-17-9-13-19(14-10-17)20(21-15-5-2)18-11-7-16(3)8-12-18/h7-14,20-21H,4-6,15H2,1-3H3. The van der Waals surface area contributed by atoms with Crippen molar-refractivity contribution in [1.29, 1.82) is 0 Å². The Kier molecular flexibility index (Phi) is 6.01. The number of aryl methyl sites for hydroxylation is 2. The van der Waals surface area contributed by atoms with Gasteiger partial charge in [0.15, 0.2) is 0 Å². The van der Waals surface area contributed by atoms with Crippen LogP contribution in [-0.2, 0) is 6.42 Å². The highest BCUT2D eigenvalue weighted by Gasteiger charge is 2.12. The van der Waals surface area contributed by atoms with Gasteiger partial charge in [-0.05, 0) is 43.0 Å². The molecule has 1 atom stereocenters. The van der Waals surface area contributed by atoms with Crippen LogP contribution in [0, 0.1) is 6.92 Å². The molecule has 0 aliphatic heterocycles. The average Bonchev–Trinajstić information content (AvgIpc) is 2.51. The Balaban J connectivity index is 2.24. The topological polar surface area (TPSA) is 12.0 Å². The van der Waals surface area contributed by atoms with E-state index in [0.29, 0.717) is 6.04 Å². The molecule has 2 aromatic rings. The molecule has 0 fully saturated rings. The Hall–Kier alpha value is -1.60. The van der Waals surface area contributed by atoms with Gasteiger partial charge in [-0.3, -0.25) is 0 Å². The first-order valence-corrected chi connectivity index (χ1v) is 8.13. The maximum absolute atomic E-state index is 3.67. The molecule has 0 amide bonds. The van der Waals surface area contributed by atoms with Crippen LogP contribution in [0.1, 0.15) is 55.0 Å². The van der Waals surface area contributed by atoms with Crippen molar-refractivity contribution in [1.82, 2.24) is 5.32 Å².